The fraction of sp³-hybridized carbons (Fsp3) is 0.529. The van der Waals surface area contributed by atoms with E-state index in [0.717, 1.165) is 37.0 Å². The third kappa shape index (κ3) is 4.48. The van der Waals surface area contributed by atoms with Gasteiger partial charge in [0, 0.05) is 6.54 Å². The molecular weight excluding hydrogens is 282 g/mol. The Morgan fingerprint density at radius 1 is 1.23 bits per heavy atom. The molecule has 1 amide bonds. The molecule has 5 heteroatoms. The molecule has 0 heterocycles. The van der Waals surface area contributed by atoms with Crippen LogP contribution in [-0.2, 0) is 20.9 Å². The van der Waals surface area contributed by atoms with E-state index in [2.05, 4.69) is 5.32 Å². The lowest BCUT2D eigenvalue weighted by atomic mass is 10.1. The van der Waals surface area contributed by atoms with E-state index in [0.29, 0.717) is 6.54 Å². The highest BCUT2D eigenvalue weighted by Crippen LogP contribution is 2.26. The average Bonchev–Trinajstić information content (AvgIpc) is 3.07. The predicted octanol–water partition coefficient (Wildman–Crippen LogP) is 2.43. The molecule has 1 aromatic carbocycles. The van der Waals surface area contributed by atoms with Crippen molar-refractivity contribution in [3.05, 3.63) is 29.8 Å². The first-order valence-corrected chi connectivity index (χ1v) is 7.71. The Hall–Kier alpha value is -2.04. The highest BCUT2D eigenvalue weighted by Gasteiger charge is 2.27. The number of nitrogens with one attached hydrogen (secondary N) is 1. The molecule has 1 aliphatic carbocycles. The molecule has 1 atom stereocenters. The maximum atomic E-state index is 12.0. The Balaban J connectivity index is 1.76. The summed E-state index contributed by atoms with van der Waals surface area (Å²) in [6, 6.07) is 7.44. The number of carbonyl (C=O) groups is 2. The highest BCUT2D eigenvalue weighted by molar-refractivity contribution is 5.83. The van der Waals surface area contributed by atoms with Crippen LogP contribution in [0.3, 0.4) is 0 Å². The lowest BCUT2D eigenvalue weighted by Gasteiger charge is -2.16. The Morgan fingerprint density at radius 2 is 1.86 bits per heavy atom. The van der Waals surface area contributed by atoms with Crippen molar-refractivity contribution >= 4 is 11.9 Å². The summed E-state index contributed by atoms with van der Waals surface area (Å²) in [6.07, 6.45) is 3.12. The number of carbonyl (C=O) groups excluding carboxylic acids is 2. The lowest BCUT2D eigenvalue weighted by Crippen LogP contribution is -2.36. The molecule has 1 aliphatic rings. The maximum Gasteiger partial charge on any atom is 0.309 e. The summed E-state index contributed by atoms with van der Waals surface area (Å²) in [4.78, 5) is 23.9. The van der Waals surface area contributed by atoms with Gasteiger partial charge >= 0.3 is 5.97 Å². The van der Waals surface area contributed by atoms with Crippen LogP contribution in [0.2, 0.25) is 0 Å². The SMILES string of the molecule is COc1ccc(CNC(=O)[C@H](C)OC(=O)C2CCCC2)cc1. The smallest absolute Gasteiger partial charge is 0.309 e. The Morgan fingerprint density at radius 3 is 2.45 bits per heavy atom. The van der Waals surface area contributed by atoms with E-state index in [4.69, 9.17) is 9.47 Å². The summed E-state index contributed by atoms with van der Waals surface area (Å²) in [5.41, 5.74) is 0.962. The molecule has 0 unspecified atom stereocenters. The van der Waals surface area contributed by atoms with Gasteiger partial charge in [-0.1, -0.05) is 25.0 Å². The fourth-order valence-electron chi connectivity index (χ4n) is 2.56. The van der Waals surface area contributed by atoms with Crippen molar-refractivity contribution in [3.63, 3.8) is 0 Å². The number of rotatable bonds is 6. The first kappa shape index (κ1) is 16.3. The van der Waals surface area contributed by atoms with Crippen LogP contribution in [0.4, 0.5) is 0 Å². The van der Waals surface area contributed by atoms with Gasteiger partial charge in [-0.25, -0.2) is 0 Å². The summed E-state index contributed by atoms with van der Waals surface area (Å²) in [5, 5.41) is 2.78. The van der Waals surface area contributed by atoms with E-state index >= 15 is 0 Å². The number of methoxy groups -OCH3 is 1. The molecule has 120 valence electrons. The molecule has 0 bridgehead atoms. The van der Waals surface area contributed by atoms with Gasteiger partial charge < -0.3 is 14.8 Å². The first-order valence-electron chi connectivity index (χ1n) is 7.71. The minimum Gasteiger partial charge on any atom is -0.497 e. The van der Waals surface area contributed by atoms with Gasteiger partial charge in [0.1, 0.15) is 5.75 Å². The van der Waals surface area contributed by atoms with E-state index in [1.165, 1.54) is 0 Å². The quantitative estimate of drug-likeness (QED) is 0.820. The third-order valence-corrected chi connectivity index (χ3v) is 3.98. The standard InChI is InChI=1S/C17H23NO4/c1-12(22-17(20)14-5-3-4-6-14)16(19)18-11-13-7-9-15(21-2)10-8-13/h7-10,12,14H,3-6,11H2,1-2H3,(H,18,19)/t12-/m0/s1. The molecule has 0 aromatic heterocycles. The molecule has 22 heavy (non-hydrogen) atoms. The second kappa shape index (κ2) is 7.82. The molecule has 0 spiro atoms. The van der Waals surface area contributed by atoms with E-state index in [1.807, 2.05) is 24.3 Å². The number of hydrogen-bond donors (Lipinski definition) is 1. The third-order valence-electron chi connectivity index (χ3n) is 3.98. The van der Waals surface area contributed by atoms with Crippen molar-refractivity contribution in [3.8, 4) is 5.75 Å². The van der Waals surface area contributed by atoms with Crippen LogP contribution in [0, 0.1) is 5.92 Å². The van der Waals surface area contributed by atoms with Crippen molar-refractivity contribution in [2.45, 2.75) is 45.3 Å². The van der Waals surface area contributed by atoms with Gasteiger partial charge in [-0.2, -0.15) is 0 Å². The monoisotopic (exact) mass is 305 g/mol. The van der Waals surface area contributed by atoms with E-state index in [-0.39, 0.29) is 17.8 Å². The largest absolute Gasteiger partial charge is 0.497 e. The predicted molar refractivity (Wildman–Crippen MR) is 82.4 cm³/mol. The summed E-state index contributed by atoms with van der Waals surface area (Å²) in [7, 11) is 1.61. The number of benzene rings is 1. The van der Waals surface area contributed by atoms with Crippen LogP contribution >= 0.6 is 0 Å². The molecule has 2 rings (SSSR count). The van der Waals surface area contributed by atoms with Crippen molar-refractivity contribution in [1.82, 2.24) is 5.32 Å². The van der Waals surface area contributed by atoms with Gasteiger partial charge in [-0.3, -0.25) is 9.59 Å². The van der Waals surface area contributed by atoms with Crippen LogP contribution in [0.25, 0.3) is 0 Å². The van der Waals surface area contributed by atoms with Gasteiger partial charge in [0.15, 0.2) is 6.10 Å². The van der Waals surface area contributed by atoms with Crippen LogP contribution in [0.5, 0.6) is 5.75 Å². The van der Waals surface area contributed by atoms with Crippen molar-refractivity contribution in [2.24, 2.45) is 5.92 Å². The summed E-state index contributed by atoms with van der Waals surface area (Å²) in [6.45, 7) is 2.00. The zero-order chi connectivity index (χ0) is 15.9. The molecule has 1 fully saturated rings. The molecule has 0 radical (unpaired) electrons. The summed E-state index contributed by atoms with van der Waals surface area (Å²) >= 11 is 0. The van der Waals surface area contributed by atoms with Gasteiger partial charge in [-0.15, -0.1) is 0 Å². The first-order chi connectivity index (χ1) is 10.6. The second-order valence-corrected chi connectivity index (χ2v) is 5.63. The normalized spacial score (nSPS) is 16.1. The van der Waals surface area contributed by atoms with Crippen molar-refractivity contribution in [2.75, 3.05) is 7.11 Å². The zero-order valence-electron chi connectivity index (χ0n) is 13.1. The minimum absolute atomic E-state index is 0.0307. The summed E-state index contributed by atoms with van der Waals surface area (Å²) in [5.74, 6) is 0.220. The van der Waals surface area contributed by atoms with Gasteiger partial charge in [0.2, 0.25) is 0 Å². The number of amides is 1. The molecule has 0 aliphatic heterocycles. The van der Waals surface area contributed by atoms with Gasteiger partial charge in [-0.05, 0) is 37.5 Å². The van der Waals surface area contributed by atoms with Crippen LogP contribution < -0.4 is 10.1 Å². The molecule has 0 saturated heterocycles. The topological polar surface area (TPSA) is 64.6 Å². The Kier molecular flexibility index (Phi) is 5.81. The average molecular weight is 305 g/mol. The summed E-state index contributed by atoms with van der Waals surface area (Å²) < 4.78 is 10.3. The Labute approximate surface area is 131 Å². The van der Waals surface area contributed by atoms with Crippen LogP contribution in [0.1, 0.15) is 38.2 Å². The number of hydrogen-bond acceptors (Lipinski definition) is 4. The van der Waals surface area contributed by atoms with Crippen molar-refractivity contribution < 1.29 is 19.1 Å². The molecule has 5 nitrogen and oxygen atoms in total. The minimum atomic E-state index is -0.758. The van der Waals surface area contributed by atoms with Crippen LogP contribution in [0.15, 0.2) is 24.3 Å². The zero-order valence-corrected chi connectivity index (χ0v) is 13.1. The molecule has 1 aromatic rings. The van der Waals surface area contributed by atoms with Gasteiger partial charge in [0.25, 0.3) is 5.91 Å². The lowest BCUT2D eigenvalue weighted by molar-refractivity contribution is -0.158. The maximum absolute atomic E-state index is 12.0. The van der Waals surface area contributed by atoms with E-state index in [1.54, 1.807) is 14.0 Å². The molecule has 1 saturated carbocycles. The molecular formula is C17H23NO4. The number of esters is 1. The second-order valence-electron chi connectivity index (χ2n) is 5.63. The van der Waals surface area contributed by atoms with E-state index < -0.39 is 6.10 Å². The van der Waals surface area contributed by atoms with E-state index in [9.17, 15) is 9.59 Å². The molecule has 1 N–H and O–H groups in total. The Bertz CT molecular complexity index is 506. The highest BCUT2D eigenvalue weighted by atomic mass is 16.5. The number of ether oxygens (including phenoxy) is 2. The van der Waals surface area contributed by atoms with Gasteiger partial charge in [0.05, 0.1) is 13.0 Å². The van der Waals surface area contributed by atoms with Crippen molar-refractivity contribution in [1.29, 1.82) is 0 Å². The van der Waals surface area contributed by atoms with Crippen LogP contribution in [-0.4, -0.2) is 25.1 Å². The fourth-order valence-corrected chi connectivity index (χ4v) is 2.56.